The smallest absolute Gasteiger partial charge is 0.337 e. The Hall–Kier alpha value is -1.61. The summed E-state index contributed by atoms with van der Waals surface area (Å²) in [6.45, 7) is 0.754. The van der Waals surface area contributed by atoms with E-state index in [1.807, 2.05) is 0 Å². The Morgan fingerprint density at radius 2 is 2.05 bits per heavy atom. The predicted octanol–water partition coefficient (Wildman–Crippen LogP) is 3.24. The Balaban J connectivity index is 2.07. The molecule has 0 aliphatic carbocycles. The molecule has 0 aliphatic rings. The van der Waals surface area contributed by atoms with Crippen LogP contribution in [0.25, 0.3) is 0 Å². The molecule has 0 aliphatic heterocycles. The molecule has 0 radical (unpaired) electrons. The number of nitrogens with zero attached hydrogens (tertiary/aromatic N) is 2. The number of alkyl halides is 3. The molecule has 2 aromatic rings. The number of benzene rings is 1. The average molecular weight is 321 g/mol. The zero-order valence-corrected chi connectivity index (χ0v) is 11.6. The zero-order valence-electron chi connectivity index (χ0n) is 10.8. The minimum atomic E-state index is -4.70. The van der Waals surface area contributed by atoms with Crippen LogP contribution >= 0.6 is 11.8 Å². The largest absolute Gasteiger partial charge is 0.415 e. The highest BCUT2D eigenvalue weighted by molar-refractivity contribution is 7.98. The molecule has 0 spiro atoms. The van der Waals surface area contributed by atoms with E-state index in [4.69, 9.17) is 5.73 Å². The van der Waals surface area contributed by atoms with Gasteiger partial charge in [0.15, 0.2) is 11.4 Å². The summed E-state index contributed by atoms with van der Waals surface area (Å²) >= 11 is 1.17. The van der Waals surface area contributed by atoms with Gasteiger partial charge in [-0.1, -0.05) is 11.2 Å². The van der Waals surface area contributed by atoms with E-state index in [9.17, 15) is 17.6 Å². The van der Waals surface area contributed by atoms with Crippen LogP contribution in [0.3, 0.4) is 0 Å². The van der Waals surface area contributed by atoms with Crippen molar-refractivity contribution in [3.05, 3.63) is 41.8 Å². The van der Waals surface area contributed by atoms with Crippen molar-refractivity contribution in [2.24, 2.45) is 5.73 Å². The third kappa shape index (κ3) is 3.53. The van der Waals surface area contributed by atoms with E-state index >= 15 is 0 Å². The summed E-state index contributed by atoms with van der Waals surface area (Å²) in [7, 11) is 0. The molecule has 2 rings (SSSR count). The first kappa shape index (κ1) is 15.8. The second-order valence-electron chi connectivity index (χ2n) is 4.46. The van der Waals surface area contributed by atoms with Gasteiger partial charge in [-0.3, -0.25) is 0 Å². The number of hydrogen-bond acceptors (Lipinski definition) is 5. The van der Waals surface area contributed by atoms with Gasteiger partial charge in [-0.25, -0.2) is 4.39 Å². The Morgan fingerprint density at radius 1 is 1.33 bits per heavy atom. The van der Waals surface area contributed by atoms with Gasteiger partial charge in [-0.2, -0.15) is 18.2 Å². The molecule has 4 nitrogen and oxygen atoms in total. The van der Waals surface area contributed by atoms with E-state index in [0.29, 0.717) is 4.90 Å². The standard InChI is InChI=1S/C12H11F4N3OS/c1-11(17,12(14,15)16)10-18-9(19-20-10)6-21-8-4-2-3-7(13)5-8/h2-5H,6,17H2,1H3. The van der Waals surface area contributed by atoms with E-state index in [0.717, 1.165) is 6.92 Å². The van der Waals surface area contributed by atoms with E-state index in [-0.39, 0.29) is 11.6 Å². The van der Waals surface area contributed by atoms with Crippen LogP contribution in [0.5, 0.6) is 0 Å². The maximum Gasteiger partial charge on any atom is 0.415 e. The predicted molar refractivity (Wildman–Crippen MR) is 67.9 cm³/mol. The van der Waals surface area contributed by atoms with Crippen LogP contribution in [0.1, 0.15) is 18.6 Å². The summed E-state index contributed by atoms with van der Waals surface area (Å²) < 4.78 is 55.7. The zero-order chi connectivity index (χ0) is 15.7. The molecule has 1 unspecified atom stereocenters. The van der Waals surface area contributed by atoms with Crippen LogP contribution in [0.15, 0.2) is 33.7 Å². The quantitative estimate of drug-likeness (QED) is 0.692. The summed E-state index contributed by atoms with van der Waals surface area (Å²) in [5.41, 5.74) is 2.47. The third-order valence-corrected chi connectivity index (χ3v) is 3.66. The third-order valence-electron chi connectivity index (χ3n) is 2.67. The average Bonchev–Trinajstić information content (AvgIpc) is 2.84. The van der Waals surface area contributed by atoms with Gasteiger partial charge in [0.2, 0.25) is 0 Å². The molecule has 1 atom stereocenters. The number of halogens is 4. The minimum absolute atomic E-state index is 0.0557. The number of nitrogens with two attached hydrogens (primary N) is 1. The lowest BCUT2D eigenvalue weighted by Gasteiger charge is -2.22. The number of thioether (sulfide) groups is 1. The highest BCUT2D eigenvalue weighted by Crippen LogP contribution is 2.35. The van der Waals surface area contributed by atoms with Crippen LogP contribution in [0.4, 0.5) is 17.6 Å². The van der Waals surface area contributed by atoms with Gasteiger partial charge in [0.25, 0.3) is 5.89 Å². The fraction of sp³-hybridized carbons (Fsp3) is 0.333. The highest BCUT2D eigenvalue weighted by atomic mass is 32.2. The first-order valence-corrected chi connectivity index (χ1v) is 6.76. The normalized spacial score (nSPS) is 15.0. The second kappa shape index (κ2) is 5.64. The molecule has 21 heavy (non-hydrogen) atoms. The highest BCUT2D eigenvalue weighted by Gasteiger charge is 2.53. The van der Waals surface area contributed by atoms with E-state index < -0.39 is 23.4 Å². The molecule has 1 aromatic heterocycles. The molecule has 2 N–H and O–H groups in total. The molecule has 1 aromatic carbocycles. The fourth-order valence-corrected chi connectivity index (χ4v) is 2.13. The summed E-state index contributed by atoms with van der Waals surface area (Å²) in [4.78, 5) is 4.25. The van der Waals surface area contributed by atoms with Crippen molar-refractivity contribution in [2.45, 2.75) is 29.3 Å². The van der Waals surface area contributed by atoms with Crippen molar-refractivity contribution in [3.8, 4) is 0 Å². The molecule has 1 heterocycles. The maximum absolute atomic E-state index is 13.0. The fourth-order valence-electron chi connectivity index (χ4n) is 1.35. The lowest BCUT2D eigenvalue weighted by Crippen LogP contribution is -2.48. The summed E-state index contributed by atoms with van der Waals surface area (Å²) in [5, 5.41) is 3.45. The van der Waals surface area contributed by atoms with Gasteiger partial charge in [-0.15, -0.1) is 11.8 Å². The molecule has 0 fully saturated rings. The SMILES string of the molecule is CC(N)(c1nc(CSc2cccc(F)c2)no1)C(F)(F)F. The number of hydrogen-bond donors (Lipinski definition) is 1. The molecular formula is C12H11F4N3OS. The van der Waals surface area contributed by atoms with Gasteiger partial charge >= 0.3 is 6.18 Å². The monoisotopic (exact) mass is 321 g/mol. The topological polar surface area (TPSA) is 64.9 Å². The molecule has 0 amide bonds. The van der Waals surface area contributed by atoms with E-state index in [1.54, 1.807) is 6.07 Å². The molecule has 114 valence electrons. The van der Waals surface area contributed by atoms with Crippen LogP contribution in [-0.4, -0.2) is 16.3 Å². The van der Waals surface area contributed by atoms with Crippen LogP contribution in [0.2, 0.25) is 0 Å². The van der Waals surface area contributed by atoms with E-state index in [1.165, 1.54) is 30.0 Å². The van der Waals surface area contributed by atoms with Crippen molar-refractivity contribution in [1.82, 2.24) is 10.1 Å². The first-order chi connectivity index (χ1) is 9.70. The molecule has 9 heteroatoms. The van der Waals surface area contributed by atoms with Crippen LogP contribution in [-0.2, 0) is 11.3 Å². The van der Waals surface area contributed by atoms with Crippen LogP contribution < -0.4 is 5.73 Å². The Kier molecular flexibility index (Phi) is 4.24. The van der Waals surface area contributed by atoms with Gasteiger partial charge < -0.3 is 10.3 Å². The molecule has 0 saturated carbocycles. The molecular weight excluding hydrogens is 310 g/mol. The van der Waals surface area contributed by atoms with Crippen molar-refractivity contribution < 1.29 is 22.1 Å². The molecule has 0 bridgehead atoms. The lowest BCUT2D eigenvalue weighted by atomic mass is 10.0. The van der Waals surface area contributed by atoms with Gasteiger partial charge in [-0.05, 0) is 25.1 Å². The number of aromatic nitrogens is 2. The summed E-state index contributed by atoms with van der Waals surface area (Å²) in [6.07, 6.45) is -4.70. The van der Waals surface area contributed by atoms with Gasteiger partial charge in [0.1, 0.15) is 5.82 Å². The first-order valence-electron chi connectivity index (χ1n) is 5.77. The van der Waals surface area contributed by atoms with Crippen molar-refractivity contribution in [3.63, 3.8) is 0 Å². The second-order valence-corrected chi connectivity index (χ2v) is 5.51. The molecule has 0 saturated heterocycles. The number of rotatable bonds is 4. The Bertz CT molecular complexity index is 627. The van der Waals surface area contributed by atoms with Crippen molar-refractivity contribution >= 4 is 11.8 Å². The summed E-state index contributed by atoms with van der Waals surface area (Å²) in [5.74, 6) is -0.911. The van der Waals surface area contributed by atoms with E-state index in [2.05, 4.69) is 14.7 Å². The Morgan fingerprint density at radius 3 is 2.67 bits per heavy atom. The van der Waals surface area contributed by atoms with Gasteiger partial charge in [0.05, 0.1) is 5.75 Å². The minimum Gasteiger partial charge on any atom is -0.337 e. The van der Waals surface area contributed by atoms with Crippen molar-refractivity contribution in [2.75, 3.05) is 0 Å². The van der Waals surface area contributed by atoms with Crippen LogP contribution in [0, 0.1) is 5.82 Å². The summed E-state index contributed by atoms with van der Waals surface area (Å²) in [6, 6.07) is 5.78. The Labute approximate surface area is 121 Å². The van der Waals surface area contributed by atoms with Gasteiger partial charge in [0, 0.05) is 4.90 Å². The lowest BCUT2D eigenvalue weighted by molar-refractivity contribution is -0.190. The van der Waals surface area contributed by atoms with Crippen molar-refractivity contribution in [1.29, 1.82) is 0 Å². The maximum atomic E-state index is 13.0.